The van der Waals surface area contributed by atoms with Gasteiger partial charge in [0.2, 0.25) is 0 Å². The van der Waals surface area contributed by atoms with Crippen molar-refractivity contribution >= 4 is 17.4 Å². The van der Waals surface area contributed by atoms with E-state index in [9.17, 15) is 9.59 Å². The molecule has 2 aromatic carbocycles. The number of Topliss-reactive ketones (excluding diaryl/α,β-unsaturated/α-hetero) is 1. The van der Waals surface area contributed by atoms with E-state index in [1.54, 1.807) is 37.3 Å². The number of aliphatic hydroxyl groups excluding tert-OH is 1. The topological polar surface area (TPSA) is 75.6 Å². The molecule has 2 aromatic rings. The van der Waals surface area contributed by atoms with E-state index in [1.807, 2.05) is 18.2 Å². The van der Waals surface area contributed by atoms with Crippen molar-refractivity contribution in [1.82, 2.24) is 0 Å². The number of ether oxygens (including phenoxy) is 1. The van der Waals surface area contributed by atoms with Crippen molar-refractivity contribution < 1.29 is 19.4 Å². The standard InChI is InChI=1S/C19H21NO4/c1-13(22)16-6-4-8-18(12-16)24-14(2)19(23)20-17-7-3-5-15(11-17)9-10-21/h3-8,11-12,14,21H,9-10H2,1-2H3,(H,20,23). The molecule has 0 aromatic heterocycles. The number of benzene rings is 2. The molecule has 2 N–H and O–H groups in total. The quantitative estimate of drug-likeness (QED) is 0.767. The third kappa shape index (κ3) is 4.93. The summed E-state index contributed by atoms with van der Waals surface area (Å²) in [6, 6.07) is 14.0. The van der Waals surface area contributed by atoms with Gasteiger partial charge in [-0.1, -0.05) is 24.3 Å². The lowest BCUT2D eigenvalue weighted by atomic mass is 10.1. The Kier molecular flexibility index (Phi) is 6.09. The van der Waals surface area contributed by atoms with Crippen molar-refractivity contribution in [3.8, 4) is 5.75 Å². The first-order valence-electron chi connectivity index (χ1n) is 7.78. The van der Waals surface area contributed by atoms with Gasteiger partial charge < -0.3 is 15.2 Å². The van der Waals surface area contributed by atoms with Crippen LogP contribution >= 0.6 is 0 Å². The smallest absolute Gasteiger partial charge is 0.265 e. The lowest BCUT2D eigenvalue weighted by molar-refractivity contribution is -0.122. The second-order valence-corrected chi connectivity index (χ2v) is 5.51. The zero-order valence-electron chi connectivity index (χ0n) is 13.8. The Labute approximate surface area is 141 Å². The Hall–Kier alpha value is -2.66. The van der Waals surface area contributed by atoms with Gasteiger partial charge in [-0.2, -0.15) is 0 Å². The molecule has 1 atom stereocenters. The number of anilines is 1. The molecular weight excluding hydrogens is 306 g/mol. The summed E-state index contributed by atoms with van der Waals surface area (Å²) in [5.74, 6) is 0.127. The van der Waals surface area contributed by atoms with E-state index in [-0.39, 0.29) is 18.3 Å². The predicted octanol–water partition coefficient (Wildman–Crippen LogP) is 2.83. The lowest BCUT2D eigenvalue weighted by Gasteiger charge is -2.15. The van der Waals surface area contributed by atoms with Crippen LogP contribution in [0.4, 0.5) is 5.69 Å². The fourth-order valence-electron chi connectivity index (χ4n) is 2.22. The van der Waals surface area contributed by atoms with Crippen LogP contribution < -0.4 is 10.1 Å². The van der Waals surface area contributed by atoms with E-state index in [2.05, 4.69) is 5.32 Å². The summed E-state index contributed by atoms with van der Waals surface area (Å²) in [6.45, 7) is 3.19. The Morgan fingerprint density at radius 1 is 1.17 bits per heavy atom. The zero-order chi connectivity index (χ0) is 17.5. The molecule has 0 aliphatic heterocycles. The largest absolute Gasteiger partial charge is 0.481 e. The van der Waals surface area contributed by atoms with E-state index >= 15 is 0 Å². The molecule has 1 unspecified atom stereocenters. The SMILES string of the molecule is CC(=O)c1cccc(OC(C)C(=O)Nc2cccc(CCO)c2)c1. The van der Waals surface area contributed by atoms with Gasteiger partial charge in [0.25, 0.3) is 5.91 Å². The van der Waals surface area contributed by atoms with Gasteiger partial charge in [0.1, 0.15) is 5.75 Å². The Bertz CT molecular complexity index is 727. The zero-order valence-corrected chi connectivity index (χ0v) is 13.8. The number of hydrogen-bond acceptors (Lipinski definition) is 4. The number of ketones is 1. The van der Waals surface area contributed by atoms with Crippen molar-refractivity contribution in [1.29, 1.82) is 0 Å². The van der Waals surface area contributed by atoms with Crippen LogP contribution in [0.15, 0.2) is 48.5 Å². The Morgan fingerprint density at radius 2 is 1.92 bits per heavy atom. The highest BCUT2D eigenvalue weighted by molar-refractivity contribution is 5.95. The molecule has 0 aliphatic carbocycles. The molecule has 0 heterocycles. The van der Waals surface area contributed by atoms with Crippen molar-refractivity contribution in [2.75, 3.05) is 11.9 Å². The van der Waals surface area contributed by atoms with Crippen LogP contribution in [-0.4, -0.2) is 29.5 Å². The maximum atomic E-state index is 12.3. The van der Waals surface area contributed by atoms with E-state index in [0.29, 0.717) is 23.4 Å². The number of rotatable bonds is 7. The molecule has 24 heavy (non-hydrogen) atoms. The number of carbonyl (C=O) groups is 2. The normalized spacial score (nSPS) is 11.6. The highest BCUT2D eigenvalue weighted by atomic mass is 16.5. The van der Waals surface area contributed by atoms with Crippen LogP contribution in [0.5, 0.6) is 5.75 Å². The first-order valence-corrected chi connectivity index (χ1v) is 7.78. The summed E-state index contributed by atoms with van der Waals surface area (Å²) in [6.07, 6.45) is -0.179. The van der Waals surface area contributed by atoms with Gasteiger partial charge >= 0.3 is 0 Å². The third-order valence-electron chi connectivity index (χ3n) is 3.52. The van der Waals surface area contributed by atoms with Crippen molar-refractivity contribution in [3.05, 3.63) is 59.7 Å². The van der Waals surface area contributed by atoms with Crippen LogP contribution in [-0.2, 0) is 11.2 Å². The predicted molar refractivity (Wildman–Crippen MR) is 92.4 cm³/mol. The summed E-state index contributed by atoms with van der Waals surface area (Å²) in [4.78, 5) is 23.6. The Morgan fingerprint density at radius 3 is 2.62 bits per heavy atom. The average Bonchev–Trinajstić information content (AvgIpc) is 2.55. The molecule has 126 valence electrons. The van der Waals surface area contributed by atoms with E-state index < -0.39 is 6.10 Å². The van der Waals surface area contributed by atoms with Gasteiger partial charge in [0, 0.05) is 17.9 Å². The summed E-state index contributed by atoms with van der Waals surface area (Å²) in [7, 11) is 0. The molecule has 5 heteroatoms. The maximum absolute atomic E-state index is 12.3. The molecule has 0 saturated heterocycles. The molecule has 5 nitrogen and oxygen atoms in total. The number of carbonyl (C=O) groups excluding carboxylic acids is 2. The highest BCUT2D eigenvalue weighted by Gasteiger charge is 2.15. The van der Waals surface area contributed by atoms with Crippen LogP contribution in [0.3, 0.4) is 0 Å². The fourth-order valence-corrected chi connectivity index (χ4v) is 2.22. The molecule has 0 radical (unpaired) electrons. The summed E-state index contributed by atoms with van der Waals surface area (Å²) >= 11 is 0. The second kappa shape index (κ2) is 8.26. The molecule has 2 rings (SSSR count). The minimum absolute atomic E-state index is 0.0572. The fraction of sp³-hybridized carbons (Fsp3) is 0.263. The lowest BCUT2D eigenvalue weighted by Crippen LogP contribution is -2.30. The van der Waals surface area contributed by atoms with E-state index in [1.165, 1.54) is 6.92 Å². The minimum atomic E-state index is -0.714. The average molecular weight is 327 g/mol. The minimum Gasteiger partial charge on any atom is -0.481 e. The van der Waals surface area contributed by atoms with Gasteiger partial charge in [0.05, 0.1) is 0 Å². The Balaban J connectivity index is 2.00. The van der Waals surface area contributed by atoms with Crippen LogP contribution in [0, 0.1) is 0 Å². The number of hydrogen-bond donors (Lipinski definition) is 2. The van der Waals surface area contributed by atoms with Gasteiger partial charge in [-0.15, -0.1) is 0 Å². The molecule has 0 aliphatic rings. The molecule has 0 spiro atoms. The first kappa shape index (κ1) is 17.7. The summed E-state index contributed by atoms with van der Waals surface area (Å²) in [5.41, 5.74) is 2.13. The van der Waals surface area contributed by atoms with Crippen molar-refractivity contribution in [2.24, 2.45) is 0 Å². The molecule has 0 fully saturated rings. The number of nitrogens with one attached hydrogen (secondary N) is 1. The van der Waals surface area contributed by atoms with Gasteiger partial charge in [-0.3, -0.25) is 9.59 Å². The molecular formula is C19H21NO4. The molecule has 0 saturated carbocycles. The third-order valence-corrected chi connectivity index (χ3v) is 3.52. The highest BCUT2D eigenvalue weighted by Crippen LogP contribution is 2.17. The van der Waals surface area contributed by atoms with Crippen LogP contribution in [0.1, 0.15) is 29.8 Å². The maximum Gasteiger partial charge on any atom is 0.265 e. The van der Waals surface area contributed by atoms with Crippen molar-refractivity contribution in [3.63, 3.8) is 0 Å². The first-order chi connectivity index (χ1) is 11.5. The van der Waals surface area contributed by atoms with Crippen LogP contribution in [0.2, 0.25) is 0 Å². The summed E-state index contributed by atoms with van der Waals surface area (Å²) < 4.78 is 5.61. The van der Waals surface area contributed by atoms with E-state index in [0.717, 1.165) is 5.56 Å². The van der Waals surface area contributed by atoms with Crippen LogP contribution in [0.25, 0.3) is 0 Å². The molecule has 1 amide bonds. The monoisotopic (exact) mass is 327 g/mol. The van der Waals surface area contributed by atoms with Gasteiger partial charge in [-0.05, 0) is 50.1 Å². The van der Waals surface area contributed by atoms with Gasteiger partial charge in [0.15, 0.2) is 11.9 Å². The second-order valence-electron chi connectivity index (χ2n) is 5.51. The van der Waals surface area contributed by atoms with Gasteiger partial charge in [-0.25, -0.2) is 0 Å². The number of aliphatic hydroxyl groups is 1. The molecule has 0 bridgehead atoms. The van der Waals surface area contributed by atoms with Crippen molar-refractivity contribution in [2.45, 2.75) is 26.4 Å². The van der Waals surface area contributed by atoms with E-state index in [4.69, 9.17) is 9.84 Å². The number of amides is 1. The summed E-state index contributed by atoms with van der Waals surface area (Å²) in [5, 5.41) is 11.8.